The molecule has 122 valence electrons. The number of methoxy groups -OCH3 is 1. The molecule has 0 bridgehead atoms. The Kier molecular flexibility index (Phi) is 5.22. The summed E-state index contributed by atoms with van der Waals surface area (Å²) in [6.45, 7) is 1.41. The van der Waals surface area contributed by atoms with E-state index in [-0.39, 0.29) is 0 Å². The number of ether oxygens (including phenoxy) is 2. The van der Waals surface area contributed by atoms with E-state index in [1.807, 2.05) is 0 Å². The fourth-order valence-electron chi connectivity index (χ4n) is 2.38. The van der Waals surface area contributed by atoms with Crippen molar-refractivity contribution in [3.8, 4) is 0 Å². The first kappa shape index (κ1) is 16.9. The summed E-state index contributed by atoms with van der Waals surface area (Å²) >= 11 is 0. The van der Waals surface area contributed by atoms with E-state index in [1.54, 1.807) is 0 Å². The molecule has 3 N–H and O–H groups in total. The Bertz CT molecular complexity index is 656. The molecule has 1 aromatic rings. The van der Waals surface area contributed by atoms with Crippen LogP contribution in [0.5, 0.6) is 0 Å². The topological polar surface area (TPSA) is 140 Å². The second-order valence-corrected chi connectivity index (χ2v) is 5.44. The number of nitrogens with zero attached hydrogens (tertiary/aromatic N) is 1. The van der Waals surface area contributed by atoms with Crippen molar-refractivity contribution in [1.82, 2.24) is 9.55 Å². The number of aromatic amines is 1. The largest absolute Gasteiger partial charge is 0.695 e. The van der Waals surface area contributed by atoms with Crippen LogP contribution >= 0.6 is 8.25 Å². The highest BCUT2D eigenvalue weighted by molar-refractivity contribution is 7.32. The fraction of sp³-hybridized carbons (Fsp3) is 0.636. The Hall–Kier alpha value is -1.42. The van der Waals surface area contributed by atoms with E-state index in [1.165, 1.54) is 20.2 Å². The molecule has 2 rings (SSSR count). The number of aromatic nitrogens is 2. The summed E-state index contributed by atoms with van der Waals surface area (Å²) in [7, 11) is -1.65. The van der Waals surface area contributed by atoms with Crippen molar-refractivity contribution in [3.63, 3.8) is 0 Å². The van der Waals surface area contributed by atoms with Gasteiger partial charge in [0.05, 0.1) is 6.10 Å². The normalized spacial score (nSPS) is 30.3. The number of aliphatic hydroxyl groups is 1. The number of rotatable bonds is 5. The van der Waals surface area contributed by atoms with E-state index in [9.17, 15) is 19.3 Å². The van der Waals surface area contributed by atoms with Crippen molar-refractivity contribution in [3.05, 3.63) is 33.1 Å². The maximum absolute atomic E-state index is 11.9. The molecule has 0 saturated carbocycles. The van der Waals surface area contributed by atoms with Gasteiger partial charge in [-0.3, -0.25) is 14.3 Å². The third-order valence-corrected chi connectivity index (χ3v) is 3.73. The molecule has 22 heavy (non-hydrogen) atoms. The van der Waals surface area contributed by atoms with Crippen LogP contribution in [0.4, 0.5) is 0 Å². The molecule has 1 aliphatic rings. The number of aliphatic hydroxyl groups excluding tert-OH is 1. The van der Waals surface area contributed by atoms with Crippen LogP contribution in [0.25, 0.3) is 0 Å². The lowest BCUT2D eigenvalue weighted by atomic mass is 10.1. The minimum Gasteiger partial charge on any atom is -0.391 e. The lowest BCUT2D eigenvalue weighted by Crippen LogP contribution is -2.40. The quantitative estimate of drug-likeness (QED) is 0.574. The van der Waals surface area contributed by atoms with E-state index in [0.29, 0.717) is 0 Å². The summed E-state index contributed by atoms with van der Waals surface area (Å²) < 4.78 is 27.6. The monoisotopic (exact) mass is 335 g/mol. The van der Waals surface area contributed by atoms with Crippen LogP contribution < -0.4 is 11.2 Å². The summed E-state index contributed by atoms with van der Waals surface area (Å²) in [5, 5.41) is 9.74. The summed E-state index contributed by atoms with van der Waals surface area (Å²) in [5.41, 5.74) is -1.32. The number of H-pyrrole nitrogens is 1. The SMILES string of the molecule is COC1[C@@H](O[P+](=O)O)[C@@H]([C@H](C)O)O[C@H]1n1ccc(=O)[nH]c1=O. The molecule has 2 unspecified atom stereocenters. The molecule has 1 aliphatic heterocycles. The molecule has 1 fully saturated rings. The zero-order valence-corrected chi connectivity index (χ0v) is 12.7. The van der Waals surface area contributed by atoms with Gasteiger partial charge in [-0.2, -0.15) is 0 Å². The predicted molar refractivity (Wildman–Crippen MR) is 72.4 cm³/mol. The van der Waals surface area contributed by atoms with Crippen LogP contribution in [0.3, 0.4) is 0 Å². The molecule has 11 heteroatoms. The molecule has 1 aromatic heterocycles. The van der Waals surface area contributed by atoms with Crippen LogP contribution in [-0.2, 0) is 18.6 Å². The van der Waals surface area contributed by atoms with Crippen LogP contribution in [0.15, 0.2) is 21.9 Å². The lowest BCUT2D eigenvalue weighted by molar-refractivity contribution is -0.0817. The third kappa shape index (κ3) is 3.32. The van der Waals surface area contributed by atoms with Crippen LogP contribution in [0.2, 0.25) is 0 Å². The summed E-state index contributed by atoms with van der Waals surface area (Å²) in [6, 6.07) is 1.12. The molecule has 0 amide bonds. The number of nitrogens with one attached hydrogen (secondary N) is 1. The van der Waals surface area contributed by atoms with Crippen molar-refractivity contribution in [1.29, 1.82) is 0 Å². The molecule has 0 radical (unpaired) electrons. The number of hydrogen-bond donors (Lipinski definition) is 3. The first-order chi connectivity index (χ1) is 10.3. The van der Waals surface area contributed by atoms with Gasteiger partial charge in [0.1, 0.15) is 12.2 Å². The van der Waals surface area contributed by atoms with Crippen LogP contribution in [-0.4, -0.2) is 51.1 Å². The molecule has 6 atom stereocenters. The first-order valence-corrected chi connectivity index (χ1v) is 7.49. The summed E-state index contributed by atoms with van der Waals surface area (Å²) in [4.78, 5) is 34.0. The minimum atomic E-state index is -2.96. The lowest BCUT2D eigenvalue weighted by Gasteiger charge is -2.19. The average molecular weight is 335 g/mol. The molecule has 2 heterocycles. The van der Waals surface area contributed by atoms with Crippen molar-refractivity contribution < 1.29 is 28.6 Å². The van der Waals surface area contributed by atoms with Gasteiger partial charge in [0.15, 0.2) is 12.3 Å². The Morgan fingerprint density at radius 3 is 2.64 bits per heavy atom. The standard InChI is InChI=1S/C11H15N2O8P/c1-5(14)7-8(21-22(17)18)9(19-2)10(20-7)13-4-3-6(15)12-11(13)16/h3-5,7-10,14H,1-2H3,(H-,12,15,16,17,18)/p+1/t5-,7+,8-,9?,10+/m0/s1. The van der Waals surface area contributed by atoms with E-state index < -0.39 is 50.1 Å². The first-order valence-electron chi connectivity index (χ1n) is 6.36. The fourth-order valence-corrected chi connectivity index (χ4v) is 2.83. The van der Waals surface area contributed by atoms with Crippen LogP contribution in [0, 0.1) is 0 Å². The summed E-state index contributed by atoms with van der Waals surface area (Å²) in [5.74, 6) is 0. The molecule has 0 aromatic carbocycles. The van der Waals surface area contributed by atoms with Gasteiger partial charge in [-0.1, -0.05) is 0 Å². The van der Waals surface area contributed by atoms with Crippen molar-refractivity contribution >= 4 is 8.25 Å². The van der Waals surface area contributed by atoms with Crippen molar-refractivity contribution in [2.45, 2.75) is 37.6 Å². The Balaban J connectivity index is 2.41. The van der Waals surface area contributed by atoms with Gasteiger partial charge in [0, 0.05) is 23.9 Å². The zero-order chi connectivity index (χ0) is 16.4. The van der Waals surface area contributed by atoms with Gasteiger partial charge in [-0.15, -0.1) is 9.42 Å². The van der Waals surface area contributed by atoms with Gasteiger partial charge in [-0.05, 0) is 6.92 Å². The molecule has 0 spiro atoms. The van der Waals surface area contributed by atoms with E-state index >= 15 is 0 Å². The van der Waals surface area contributed by atoms with Gasteiger partial charge >= 0.3 is 13.9 Å². The smallest absolute Gasteiger partial charge is 0.391 e. The van der Waals surface area contributed by atoms with Crippen LogP contribution in [0.1, 0.15) is 13.2 Å². The Labute approximate surface area is 125 Å². The van der Waals surface area contributed by atoms with Crippen molar-refractivity contribution in [2.75, 3.05) is 7.11 Å². The minimum absolute atomic E-state index is 0.577. The maximum atomic E-state index is 11.9. The molecule has 10 nitrogen and oxygen atoms in total. The Morgan fingerprint density at radius 1 is 1.45 bits per heavy atom. The van der Waals surface area contributed by atoms with E-state index in [0.717, 1.165) is 10.6 Å². The van der Waals surface area contributed by atoms with Gasteiger partial charge in [-0.25, -0.2) is 4.79 Å². The molecule has 1 saturated heterocycles. The Morgan fingerprint density at radius 2 is 2.14 bits per heavy atom. The highest BCUT2D eigenvalue weighted by Gasteiger charge is 2.52. The second kappa shape index (κ2) is 6.78. The van der Waals surface area contributed by atoms with E-state index in [2.05, 4.69) is 4.98 Å². The van der Waals surface area contributed by atoms with E-state index in [4.69, 9.17) is 18.9 Å². The maximum Gasteiger partial charge on any atom is 0.695 e. The highest BCUT2D eigenvalue weighted by Crippen LogP contribution is 2.37. The molecular weight excluding hydrogens is 319 g/mol. The summed E-state index contributed by atoms with van der Waals surface area (Å²) in [6.07, 6.45) is -3.86. The molecule has 0 aliphatic carbocycles. The van der Waals surface area contributed by atoms with Gasteiger partial charge < -0.3 is 14.6 Å². The molecular formula is C11H16N2O8P+. The van der Waals surface area contributed by atoms with Gasteiger partial charge in [0.2, 0.25) is 0 Å². The third-order valence-electron chi connectivity index (χ3n) is 3.31. The second-order valence-electron chi connectivity index (χ2n) is 4.76. The van der Waals surface area contributed by atoms with Gasteiger partial charge in [0.25, 0.3) is 5.56 Å². The highest BCUT2D eigenvalue weighted by atomic mass is 31.1. The van der Waals surface area contributed by atoms with Crippen molar-refractivity contribution in [2.24, 2.45) is 0 Å². The predicted octanol–water partition coefficient (Wildman–Crippen LogP) is -1.14. The number of hydrogen-bond acceptors (Lipinski definition) is 7. The average Bonchev–Trinajstić information content (AvgIpc) is 2.76. The zero-order valence-electron chi connectivity index (χ0n) is 11.8.